The number of carboxylic acids is 1. The van der Waals surface area contributed by atoms with Crippen LogP contribution >= 0.6 is 0 Å². The summed E-state index contributed by atoms with van der Waals surface area (Å²) in [6.07, 6.45) is 2.09. The van der Waals surface area contributed by atoms with E-state index in [0.717, 1.165) is 6.42 Å². The van der Waals surface area contributed by atoms with Crippen molar-refractivity contribution in [3.63, 3.8) is 0 Å². The monoisotopic (exact) mass is 327 g/mol. The number of nitrogens with one attached hydrogen (secondary N) is 1. The van der Waals surface area contributed by atoms with Gasteiger partial charge in [-0.3, -0.25) is 4.79 Å². The van der Waals surface area contributed by atoms with Crippen LogP contribution in [-0.4, -0.2) is 35.7 Å². The van der Waals surface area contributed by atoms with E-state index in [1.807, 2.05) is 12.1 Å². The number of aryl methyl sites for hydroxylation is 1. The lowest BCUT2D eigenvalue weighted by Crippen LogP contribution is -2.55. The number of fused-ring (bicyclic) bond motifs is 1. The molecule has 126 valence electrons. The molecule has 1 saturated heterocycles. The van der Waals surface area contributed by atoms with Gasteiger partial charge in [0.25, 0.3) is 0 Å². The Morgan fingerprint density at radius 2 is 1.96 bits per heavy atom. The van der Waals surface area contributed by atoms with E-state index in [2.05, 4.69) is 35.6 Å². The molecule has 5 heteroatoms. The molecule has 1 unspecified atom stereocenters. The quantitative estimate of drug-likeness (QED) is 0.855. The fourth-order valence-corrected chi connectivity index (χ4v) is 3.06. The molecule has 5 nitrogen and oxygen atoms in total. The zero-order valence-corrected chi connectivity index (χ0v) is 13.5. The summed E-state index contributed by atoms with van der Waals surface area (Å²) in [5, 5.41) is 14.4. The first-order valence-corrected chi connectivity index (χ1v) is 8.19. The molecule has 0 radical (unpaired) electrons. The van der Waals surface area contributed by atoms with Crippen LogP contribution in [-0.2, 0) is 20.7 Å². The zero-order chi connectivity index (χ0) is 17.0. The van der Waals surface area contributed by atoms with Gasteiger partial charge in [0.05, 0.1) is 6.61 Å². The lowest BCUT2D eigenvalue weighted by atomic mass is 9.98. The Kier molecular flexibility index (Phi) is 4.81. The molecule has 24 heavy (non-hydrogen) atoms. The average Bonchev–Trinajstić information content (AvgIpc) is 3.04. The first-order valence-electron chi connectivity index (χ1n) is 8.19. The first kappa shape index (κ1) is 16.5. The summed E-state index contributed by atoms with van der Waals surface area (Å²) in [7, 11) is 0. The minimum Gasteiger partial charge on any atom is -0.479 e. The number of hydrogen-bond acceptors (Lipinski definition) is 3. The number of aliphatic carboxylic acids is 1. The van der Waals surface area contributed by atoms with Gasteiger partial charge in [0.2, 0.25) is 5.91 Å². The minimum absolute atomic E-state index is 0.0404. The Morgan fingerprint density at radius 1 is 1.17 bits per heavy atom. The molecular weight excluding hydrogens is 306 g/mol. The van der Waals surface area contributed by atoms with Crippen LogP contribution in [0.25, 0.3) is 10.8 Å². The topological polar surface area (TPSA) is 75.6 Å². The molecular formula is C19H21NO4. The maximum Gasteiger partial charge on any atom is 0.331 e. The summed E-state index contributed by atoms with van der Waals surface area (Å²) in [4.78, 5) is 23.5. The van der Waals surface area contributed by atoms with E-state index in [1.54, 1.807) is 0 Å². The summed E-state index contributed by atoms with van der Waals surface area (Å²) in [5.41, 5.74) is -0.0707. The van der Waals surface area contributed by atoms with Crippen molar-refractivity contribution in [1.29, 1.82) is 0 Å². The number of rotatable bonds is 6. The van der Waals surface area contributed by atoms with Crippen LogP contribution < -0.4 is 5.32 Å². The van der Waals surface area contributed by atoms with E-state index in [9.17, 15) is 14.7 Å². The molecule has 2 aromatic carbocycles. The van der Waals surface area contributed by atoms with Crippen LogP contribution in [0.1, 0.15) is 24.8 Å². The second-order valence-electron chi connectivity index (χ2n) is 6.27. The summed E-state index contributed by atoms with van der Waals surface area (Å²) < 4.78 is 5.14. The van der Waals surface area contributed by atoms with E-state index in [1.165, 1.54) is 16.3 Å². The maximum atomic E-state index is 12.1. The lowest BCUT2D eigenvalue weighted by Gasteiger charge is -2.23. The molecule has 0 aliphatic carbocycles. The number of ether oxygens (including phenoxy) is 1. The van der Waals surface area contributed by atoms with E-state index >= 15 is 0 Å². The molecule has 1 aliphatic heterocycles. The third-order valence-corrected chi connectivity index (χ3v) is 4.49. The van der Waals surface area contributed by atoms with Crippen molar-refractivity contribution in [2.24, 2.45) is 0 Å². The molecule has 0 spiro atoms. The minimum atomic E-state index is -1.25. The highest BCUT2D eigenvalue weighted by Gasteiger charge is 2.43. The molecule has 1 heterocycles. The summed E-state index contributed by atoms with van der Waals surface area (Å²) in [6, 6.07) is 14.5. The number of carboxylic acid groups (broad SMARTS) is 1. The van der Waals surface area contributed by atoms with Crippen LogP contribution in [0.4, 0.5) is 0 Å². The Balaban J connectivity index is 1.53. The second-order valence-corrected chi connectivity index (χ2v) is 6.27. The number of benzene rings is 2. The fraction of sp³-hybridized carbons (Fsp3) is 0.368. The van der Waals surface area contributed by atoms with Crippen molar-refractivity contribution >= 4 is 22.6 Å². The normalized spacial score (nSPS) is 20.2. The van der Waals surface area contributed by atoms with Gasteiger partial charge in [0.1, 0.15) is 0 Å². The molecule has 0 aromatic heterocycles. The van der Waals surface area contributed by atoms with Crippen LogP contribution in [0.2, 0.25) is 0 Å². The van der Waals surface area contributed by atoms with Crippen molar-refractivity contribution in [2.75, 3.05) is 13.2 Å². The molecule has 1 amide bonds. The number of carbonyl (C=O) groups excluding carboxylic acids is 1. The largest absolute Gasteiger partial charge is 0.479 e. The average molecular weight is 327 g/mol. The molecule has 1 fully saturated rings. The molecule has 0 saturated carbocycles. The van der Waals surface area contributed by atoms with Gasteiger partial charge < -0.3 is 15.2 Å². The second kappa shape index (κ2) is 7.01. The number of carbonyl (C=O) groups is 2. The van der Waals surface area contributed by atoms with Crippen LogP contribution in [0.15, 0.2) is 42.5 Å². The SMILES string of the molecule is O=C(CCCc1ccc2ccccc2c1)NC1(C(=O)O)CCOC1. The molecule has 2 N–H and O–H groups in total. The highest BCUT2D eigenvalue weighted by atomic mass is 16.5. The standard InChI is InChI=1S/C19H21NO4/c21-17(20-19(18(22)23)10-11-24-13-19)7-3-4-14-8-9-15-5-1-2-6-16(15)12-14/h1-2,5-6,8-9,12H,3-4,7,10-11,13H2,(H,20,21)(H,22,23). The van der Waals surface area contributed by atoms with Gasteiger partial charge in [-0.25, -0.2) is 4.79 Å². The highest BCUT2D eigenvalue weighted by Crippen LogP contribution is 2.20. The van der Waals surface area contributed by atoms with Gasteiger partial charge in [-0.05, 0) is 29.2 Å². The third kappa shape index (κ3) is 3.57. The molecule has 3 rings (SSSR count). The Bertz CT molecular complexity index is 750. The van der Waals surface area contributed by atoms with Gasteiger partial charge in [0.15, 0.2) is 5.54 Å². The maximum absolute atomic E-state index is 12.1. The van der Waals surface area contributed by atoms with Gasteiger partial charge >= 0.3 is 5.97 Å². The van der Waals surface area contributed by atoms with Crippen molar-refractivity contribution in [3.05, 3.63) is 48.0 Å². The van der Waals surface area contributed by atoms with Crippen LogP contribution in [0.5, 0.6) is 0 Å². The number of amides is 1. The molecule has 1 aliphatic rings. The first-order chi connectivity index (χ1) is 11.6. The van der Waals surface area contributed by atoms with Gasteiger partial charge in [-0.2, -0.15) is 0 Å². The zero-order valence-electron chi connectivity index (χ0n) is 13.5. The highest BCUT2D eigenvalue weighted by molar-refractivity contribution is 5.87. The van der Waals surface area contributed by atoms with Crippen molar-refractivity contribution in [3.8, 4) is 0 Å². The predicted molar refractivity (Wildman–Crippen MR) is 90.8 cm³/mol. The van der Waals surface area contributed by atoms with Crippen LogP contribution in [0, 0.1) is 0 Å². The van der Waals surface area contributed by atoms with Crippen molar-refractivity contribution < 1.29 is 19.4 Å². The Morgan fingerprint density at radius 3 is 2.67 bits per heavy atom. The number of hydrogen-bond donors (Lipinski definition) is 2. The Labute approximate surface area is 140 Å². The van der Waals surface area contributed by atoms with Gasteiger partial charge in [-0.1, -0.05) is 42.5 Å². The Hall–Kier alpha value is -2.40. The summed E-state index contributed by atoms with van der Waals surface area (Å²) in [5.74, 6) is -1.26. The molecule has 2 aromatic rings. The van der Waals surface area contributed by atoms with Gasteiger partial charge in [0, 0.05) is 19.4 Å². The summed E-state index contributed by atoms with van der Waals surface area (Å²) in [6.45, 7) is 0.405. The van der Waals surface area contributed by atoms with Crippen LogP contribution in [0.3, 0.4) is 0 Å². The van der Waals surface area contributed by atoms with Gasteiger partial charge in [-0.15, -0.1) is 0 Å². The fourth-order valence-electron chi connectivity index (χ4n) is 3.06. The van der Waals surface area contributed by atoms with E-state index in [-0.39, 0.29) is 12.5 Å². The van der Waals surface area contributed by atoms with E-state index < -0.39 is 11.5 Å². The summed E-state index contributed by atoms with van der Waals surface area (Å²) >= 11 is 0. The predicted octanol–water partition coefficient (Wildman–Crippen LogP) is 2.52. The van der Waals surface area contributed by atoms with Crippen molar-refractivity contribution in [1.82, 2.24) is 5.32 Å². The van der Waals surface area contributed by atoms with E-state index in [0.29, 0.717) is 25.9 Å². The lowest BCUT2D eigenvalue weighted by molar-refractivity contribution is -0.147. The molecule has 0 bridgehead atoms. The van der Waals surface area contributed by atoms with E-state index in [4.69, 9.17) is 4.74 Å². The molecule has 1 atom stereocenters. The smallest absolute Gasteiger partial charge is 0.331 e. The third-order valence-electron chi connectivity index (χ3n) is 4.49. The van der Waals surface area contributed by atoms with Crippen molar-refractivity contribution in [2.45, 2.75) is 31.2 Å².